The van der Waals surface area contributed by atoms with Gasteiger partial charge in [0.25, 0.3) is 17.5 Å². The molecule has 5 rings (SSSR count). The van der Waals surface area contributed by atoms with Crippen LogP contribution in [0.1, 0.15) is 47.4 Å². The molecule has 2 N–H and O–H groups in total. The second-order valence-corrected chi connectivity index (χ2v) is 12.2. The summed E-state index contributed by atoms with van der Waals surface area (Å²) >= 11 is 3.36. The maximum atomic E-state index is 13.9. The van der Waals surface area contributed by atoms with Gasteiger partial charge in [0.2, 0.25) is 0 Å². The van der Waals surface area contributed by atoms with Gasteiger partial charge in [-0.1, -0.05) is 15.9 Å². The van der Waals surface area contributed by atoms with E-state index in [4.69, 9.17) is 14.2 Å². The number of rotatable bonds is 8. The lowest BCUT2D eigenvalue weighted by molar-refractivity contribution is -0.384. The van der Waals surface area contributed by atoms with E-state index in [0.29, 0.717) is 55.0 Å². The van der Waals surface area contributed by atoms with Crippen molar-refractivity contribution in [1.82, 2.24) is 14.8 Å². The van der Waals surface area contributed by atoms with Crippen LogP contribution in [0.2, 0.25) is 0 Å². The van der Waals surface area contributed by atoms with Gasteiger partial charge < -0.3 is 34.6 Å². The number of amides is 2. The maximum Gasteiger partial charge on any atom is 0.294 e. The predicted molar refractivity (Wildman–Crippen MR) is 163 cm³/mol. The van der Waals surface area contributed by atoms with Gasteiger partial charge in [-0.3, -0.25) is 24.7 Å². The molecular formula is C29H37BrN6O7. The van der Waals surface area contributed by atoms with E-state index in [-0.39, 0.29) is 59.7 Å². The molecule has 2 amide bonds. The van der Waals surface area contributed by atoms with Crippen molar-refractivity contribution in [2.24, 2.45) is 0 Å². The van der Waals surface area contributed by atoms with E-state index in [1.165, 1.54) is 12.3 Å². The van der Waals surface area contributed by atoms with Crippen LogP contribution in [0.3, 0.4) is 0 Å². The van der Waals surface area contributed by atoms with Crippen LogP contribution < -0.4 is 10.6 Å². The topological polar surface area (TPSA) is 148 Å². The molecule has 2 aromatic rings. The van der Waals surface area contributed by atoms with Crippen molar-refractivity contribution in [3.05, 3.63) is 56.3 Å². The van der Waals surface area contributed by atoms with Gasteiger partial charge >= 0.3 is 0 Å². The molecule has 3 fully saturated rings. The lowest BCUT2D eigenvalue weighted by Crippen LogP contribution is -2.52. The van der Waals surface area contributed by atoms with Crippen LogP contribution in [-0.2, 0) is 14.2 Å². The second kappa shape index (κ2) is 13.5. The normalized spacial score (nSPS) is 25.8. The first-order valence-electron chi connectivity index (χ1n) is 14.5. The summed E-state index contributed by atoms with van der Waals surface area (Å²) in [4.78, 5) is 46.8. The summed E-state index contributed by atoms with van der Waals surface area (Å²) in [5.74, 6) is -0.561. The van der Waals surface area contributed by atoms with Gasteiger partial charge in [0.05, 0.1) is 52.8 Å². The summed E-state index contributed by atoms with van der Waals surface area (Å²) < 4.78 is 18.1. The van der Waals surface area contributed by atoms with Crippen LogP contribution in [0.5, 0.6) is 0 Å². The molecule has 3 aliphatic rings. The molecule has 43 heavy (non-hydrogen) atoms. The van der Waals surface area contributed by atoms with Gasteiger partial charge in [0.15, 0.2) is 0 Å². The number of carbonyl (C=O) groups is 2. The summed E-state index contributed by atoms with van der Waals surface area (Å²) in [6.45, 7) is 6.20. The number of anilines is 2. The van der Waals surface area contributed by atoms with Crippen LogP contribution in [0.15, 0.2) is 35.1 Å². The summed E-state index contributed by atoms with van der Waals surface area (Å²) in [5, 5.41) is 18.6. The van der Waals surface area contributed by atoms with Crippen LogP contribution >= 0.6 is 15.9 Å². The zero-order chi connectivity index (χ0) is 30.7. The number of morpholine rings is 1. The molecule has 0 radical (unpaired) electrons. The molecule has 13 nitrogen and oxygen atoms in total. The molecule has 0 aliphatic carbocycles. The van der Waals surface area contributed by atoms with Crippen molar-refractivity contribution in [1.29, 1.82) is 0 Å². The van der Waals surface area contributed by atoms with E-state index < -0.39 is 11.0 Å². The molecule has 14 heteroatoms. The molecule has 4 heterocycles. The first-order chi connectivity index (χ1) is 20.6. The third kappa shape index (κ3) is 7.43. The van der Waals surface area contributed by atoms with Crippen molar-refractivity contribution >= 4 is 44.8 Å². The fourth-order valence-electron chi connectivity index (χ4n) is 5.97. The number of likely N-dealkylation sites (tertiary alicyclic amines) is 1. The van der Waals surface area contributed by atoms with E-state index in [9.17, 15) is 19.7 Å². The monoisotopic (exact) mass is 660 g/mol. The van der Waals surface area contributed by atoms with Crippen LogP contribution in [0.25, 0.3) is 0 Å². The molecule has 0 unspecified atom stereocenters. The SMILES string of the molecule is CNc1cncc(C(=O)N2C[C@H](Nc3c(C(=O)N4C[C@@H](C)O[C@@H](C)C4)cc(Br)cc3[N+](=O)[O-])C[C@@H](O[C@@H]3CCOC3)C2)c1. The third-order valence-corrected chi connectivity index (χ3v) is 8.27. The first kappa shape index (κ1) is 31.1. The predicted octanol–water partition coefficient (Wildman–Crippen LogP) is 3.54. The molecular weight excluding hydrogens is 624 g/mol. The van der Waals surface area contributed by atoms with E-state index in [0.717, 1.165) is 6.42 Å². The summed E-state index contributed by atoms with van der Waals surface area (Å²) in [6, 6.07) is 4.27. The van der Waals surface area contributed by atoms with Crippen LogP contribution in [0.4, 0.5) is 17.1 Å². The highest BCUT2D eigenvalue weighted by atomic mass is 79.9. The van der Waals surface area contributed by atoms with Gasteiger partial charge in [-0.2, -0.15) is 0 Å². The Kier molecular flexibility index (Phi) is 9.79. The lowest BCUT2D eigenvalue weighted by Gasteiger charge is -2.39. The molecule has 1 aromatic carbocycles. The van der Waals surface area contributed by atoms with Gasteiger partial charge in [0.1, 0.15) is 5.69 Å². The molecule has 1 aromatic heterocycles. The number of nitro groups is 1. The Morgan fingerprint density at radius 1 is 1.07 bits per heavy atom. The van der Waals surface area contributed by atoms with E-state index >= 15 is 0 Å². The third-order valence-electron chi connectivity index (χ3n) is 7.81. The highest BCUT2D eigenvalue weighted by molar-refractivity contribution is 9.10. The van der Waals surface area contributed by atoms with Crippen molar-refractivity contribution < 1.29 is 28.7 Å². The van der Waals surface area contributed by atoms with Crippen LogP contribution in [-0.4, -0.2) is 108 Å². The summed E-state index contributed by atoms with van der Waals surface area (Å²) in [7, 11) is 1.75. The minimum atomic E-state index is -0.501. The molecule has 232 valence electrons. The largest absolute Gasteiger partial charge is 0.387 e. The Labute approximate surface area is 258 Å². The molecule has 3 aliphatic heterocycles. The van der Waals surface area contributed by atoms with Crippen molar-refractivity contribution in [2.45, 2.75) is 57.1 Å². The van der Waals surface area contributed by atoms with Crippen LogP contribution in [0, 0.1) is 10.1 Å². The fourth-order valence-corrected chi connectivity index (χ4v) is 6.41. The summed E-state index contributed by atoms with van der Waals surface area (Å²) in [5.41, 5.74) is 1.18. The number of aromatic nitrogens is 1. The van der Waals surface area contributed by atoms with E-state index in [1.54, 1.807) is 35.2 Å². The number of ether oxygens (including phenoxy) is 3. The number of nitrogens with one attached hydrogen (secondary N) is 2. The minimum absolute atomic E-state index is 0.0977. The number of piperidine rings is 1. The average Bonchev–Trinajstić information content (AvgIpc) is 3.49. The van der Waals surface area contributed by atoms with Gasteiger partial charge in [-0.15, -0.1) is 0 Å². The lowest BCUT2D eigenvalue weighted by atomic mass is 9.99. The molecule has 0 spiro atoms. The Hall–Kier alpha value is -3.33. The number of nitrogens with zero attached hydrogens (tertiary/aromatic N) is 4. The average molecular weight is 662 g/mol. The number of hydrogen-bond donors (Lipinski definition) is 2. The van der Waals surface area contributed by atoms with Crippen molar-refractivity contribution in [2.75, 3.05) is 57.1 Å². The minimum Gasteiger partial charge on any atom is -0.387 e. The van der Waals surface area contributed by atoms with Gasteiger partial charge in [-0.25, -0.2) is 0 Å². The molecule has 5 atom stereocenters. The molecule has 0 saturated carbocycles. The number of benzene rings is 1. The summed E-state index contributed by atoms with van der Waals surface area (Å²) in [6.07, 6.45) is 3.59. The standard InChI is InChI=1S/C29H37BrN6O7/c1-17-12-34(13-18(2)42-17)29(38)25-7-20(30)8-26(36(39)40)27(25)33-22-9-24(43-23-4-5-41-16-23)15-35(14-22)28(37)19-6-21(31-3)11-32-10-19/h6-8,10-11,17-18,22-24,31,33H,4-5,9,12-16H2,1-3H3/t17-,18+,22-,23-,24-/m1/s1. The zero-order valence-electron chi connectivity index (χ0n) is 24.5. The maximum absolute atomic E-state index is 13.9. The number of carbonyl (C=O) groups excluding carboxylic acids is 2. The quantitative estimate of drug-likeness (QED) is 0.318. The van der Waals surface area contributed by atoms with E-state index in [1.807, 2.05) is 13.8 Å². The Balaban J connectivity index is 1.46. The number of nitro benzene ring substituents is 1. The van der Waals surface area contributed by atoms with Gasteiger partial charge in [-0.05, 0) is 38.8 Å². The number of halogens is 1. The Bertz CT molecular complexity index is 1350. The Morgan fingerprint density at radius 2 is 1.81 bits per heavy atom. The second-order valence-electron chi connectivity index (χ2n) is 11.3. The highest BCUT2D eigenvalue weighted by Gasteiger charge is 2.37. The highest BCUT2D eigenvalue weighted by Crippen LogP contribution is 2.36. The van der Waals surface area contributed by atoms with E-state index in [2.05, 4.69) is 31.5 Å². The first-order valence-corrected chi connectivity index (χ1v) is 15.2. The smallest absolute Gasteiger partial charge is 0.294 e. The van der Waals surface area contributed by atoms with Crippen molar-refractivity contribution in [3.8, 4) is 0 Å². The van der Waals surface area contributed by atoms with Gasteiger partial charge in [0, 0.05) is 68.8 Å². The Morgan fingerprint density at radius 3 is 2.49 bits per heavy atom. The number of pyridine rings is 1. The molecule has 3 saturated heterocycles. The number of hydrogen-bond acceptors (Lipinski definition) is 10. The van der Waals surface area contributed by atoms with Crippen molar-refractivity contribution in [3.63, 3.8) is 0 Å². The fraction of sp³-hybridized carbons (Fsp3) is 0.552. The molecule has 0 bridgehead atoms. The zero-order valence-corrected chi connectivity index (χ0v) is 26.0.